The quantitative estimate of drug-likeness (QED) is 0.422. The zero-order valence-electron chi connectivity index (χ0n) is 12.8. The normalized spacial score (nSPS) is 12.8. The molecule has 6 N–H and O–H groups in total. The maximum atomic E-state index is 11.1. The number of nitrogens with one attached hydrogen (secondary N) is 1. The van der Waals surface area contributed by atoms with Crippen molar-refractivity contribution in [2.45, 2.75) is 25.4 Å². The third-order valence-corrected chi connectivity index (χ3v) is 4.05. The second-order valence-electron chi connectivity index (χ2n) is 5.51. The van der Waals surface area contributed by atoms with Crippen LogP contribution in [-0.4, -0.2) is 25.1 Å². The molecule has 1 unspecified atom stereocenters. The van der Waals surface area contributed by atoms with Crippen LogP contribution < -0.4 is 5.09 Å². The van der Waals surface area contributed by atoms with E-state index >= 15 is 0 Å². The van der Waals surface area contributed by atoms with Crippen molar-refractivity contribution in [2.75, 3.05) is 5.09 Å². The van der Waals surface area contributed by atoms with E-state index in [0.717, 1.165) is 11.6 Å². The molecule has 1 atom stereocenters. The summed E-state index contributed by atoms with van der Waals surface area (Å²) in [7, 11) is -4.55. The number of phenolic OH excluding ortho intramolecular Hbond substituents is 2. The fourth-order valence-corrected chi connectivity index (χ4v) is 2.96. The van der Waals surface area contributed by atoms with Gasteiger partial charge in [-0.05, 0) is 43.0 Å². The summed E-state index contributed by atoms with van der Waals surface area (Å²) >= 11 is 0. The van der Waals surface area contributed by atoms with Crippen LogP contribution in [0.4, 0.5) is 5.69 Å². The zero-order chi connectivity index (χ0) is 17.7. The molecule has 0 amide bonds. The van der Waals surface area contributed by atoms with E-state index < -0.39 is 13.9 Å². The van der Waals surface area contributed by atoms with Crippen LogP contribution in [0.1, 0.15) is 30.1 Å². The molecule has 130 valence electrons. The molecule has 8 heteroatoms. The number of anilines is 1. The van der Waals surface area contributed by atoms with Crippen LogP contribution in [0.15, 0.2) is 42.5 Å². The highest BCUT2D eigenvalue weighted by Gasteiger charge is 2.19. The fourth-order valence-electron chi connectivity index (χ4n) is 2.46. The molecule has 0 aliphatic carbocycles. The molecule has 0 radical (unpaired) electrons. The van der Waals surface area contributed by atoms with E-state index in [9.17, 15) is 19.9 Å². The third-order valence-electron chi connectivity index (χ3n) is 3.52. The van der Waals surface area contributed by atoms with Gasteiger partial charge in [0.1, 0.15) is 11.5 Å². The van der Waals surface area contributed by atoms with Gasteiger partial charge in [-0.15, -0.1) is 0 Å². The molecule has 0 aliphatic rings. The summed E-state index contributed by atoms with van der Waals surface area (Å²) in [5.41, 5.74) is 1.22. The number of aromatic hydroxyl groups is 2. The van der Waals surface area contributed by atoms with Crippen LogP contribution >= 0.6 is 7.75 Å². The first-order valence-electron chi connectivity index (χ1n) is 7.37. The number of aliphatic hydroxyl groups is 1. The van der Waals surface area contributed by atoms with Gasteiger partial charge in [0.15, 0.2) is 0 Å². The number of hydrogen-bond donors (Lipinski definition) is 6. The van der Waals surface area contributed by atoms with E-state index in [4.69, 9.17) is 9.79 Å². The molecule has 0 saturated carbocycles. The van der Waals surface area contributed by atoms with Crippen molar-refractivity contribution >= 4 is 13.4 Å². The molecule has 0 spiro atoms. The predicted octanol–water partition coefficient (Wildman–Crippen LogP) is 2.66. The Morgan fingerprint density at radius 1 is 1.04 bits per heavy atom. The molecular weight excluding hydrogens is 333 g/mol. The topological polar surface area (TPSA) is 130 Å². The average molecular weight is 353 g/mol. The Hall–Kier alpha value is -2.05. The molecular formula is C16H20NO6P. The largest absolute Gasteiger partial charge is 0.508 e. The number of rotatable bonds is 7. The summed E-state index contributed by atoms with van der Waals surface area (Å²) in [6.07, 6.45) is 0.666. The van der Waals surface area contributed by atoms with Gasteiger partial charge in [0.2, 0.25) is 0 Å². The van der Waals surface area contributed by atoms with Crippen molar-refractivity contribution in [1.82, 2.24) is 0 Å². The lowest BCUT2D eigenvalue weighted by molar-refractivity contribution is 0.165. The van der Waals surface area contributed by atoms with Crippen LogP contribution in [0.2, 0.25) is 0 Å². The summed E-state index contributed by atoms with van der Waals surface area (Å²) in [5, 5.41) is 31.2. The zero-order valence-corrected chi connectivity index (χ0v) is 13.7. The lowest BCUT2D eigenvalue weighted by Crippen LogP contribution is -2.04. The van der Waals surface area contributed by atoms with Gasteiger partial charge in [0.25, 0.3) is 0 Å². The maximum absolute atomic E-state index is 11.1. The van der Waals surface area contributed by atoms with Gasteiger partial charge in [0.05, 0.1) is 11.8 Å². The number of phenols is 2. The maximum Gasteiger partial charge on any atom is 0.427 e. The Morgan fingerprint density at radius 3 is 2.42 bits per heavy atom. The summed E-state index contributed by atoms with van der Waals surface area (Å²) < 4.78 is 11.1. The van der Waals surface area contributed by atoms with E-state index in [1.807, 2.05) is 11.2 Å². The lowest BCUT2D eigenvalue weighted by Gasteiger charge is -2.17. The van der Waals surface area contributed by atoms with Crippen LogP contribution in [0.25, 0.3) is 0 Å². The molecule has 0 heterocycles. The molecule has 0 aliphatic heterocycles. The summed E-state index contributed by atoms with van der Waals surface area (Å²) in [6.45, 7) is 0. The highest BCUT2D eigenvalue weighted by molar-refractivity contribution is 7.53. The van der Waals surface area contributed by atoms with E-state index in [-0.39, 0.29) is 17.2 Å². The first-order chi connectivity index (χ1) is 11.2. The van der Waals surface area contributed by atoms with E-state index in [1.54, 1.807) is 18.2 Å². The van der Waals surface area contributed by atoms with Crippen LogP contribution in [0.3, 0.4) is 0 Å². The molecule has 0 saturated heterocycles. The molecule has 2 aromatic rings. The van der Waals surface area contributed by atoms with Gasteiger partial charge in [-0.3, -0.25) is 5.09 Å². The second-order valence-corrected chi connectivity index (χ2v) is 6.82. The van der Waals surface area contributed by atoms with E-state index in [1.165, 1.54) is 12.1 Å². The summed E-state index contributed by atoms with van der Waals surface area (Å²) in [4.78, 5) is 18.1. The van der Waals surface area contributed by atoms with Crippen molar-refractivity contribution in [2.24, 2.45) is 0 Å². The first-order valence-corrected chi connectivity index (χ1v) is 8.98. The van der Waals surface area contributed by atoms with Gasteiger partial charge >= 0.3 is 7.75 Å². The Kier molecular flexibility index (Phi) is 5.85. The van der Waals surface area contributed by atoms with Gasteiger partial charge in [-0.2, -0.15) is 0 Å². The molecule has 0 fully saturated rings. The van der Waals surface area contributed by atoms with Gasteiger partial charge in [-0.1, -0.05) is 18.2 Å². The van der Waals surface area contributed by atoms with Gasteiger partial charge in [-0.25, -0.2) is 4.57 Å². The molecule has 2 rings (SSSR count). The first kappa shape index (κ1) is 18.3. The Labute approximate surface area is 139 Å². The second kappa shape index (κ2) is 7.68. The highest BCUT2D eigenvalue weighted by atomic mass is 31.2. The molecule has 7 nitrogen and oxygen atoms in total. The monoisotopic (exact) mass is 353 g/mol. The standard InChI is InChI=1S/C16H20NO6P/c18-12-5-1-3-11(9-12)4-2-6-16(20)14-8-7-13(19)10-15(14)17-24(21,22)23/h1,3,5,7-10,16,18-20H,2,4,6H2,(H3,17,21,22,23). The van der Waals surface area contributed by atoms with Crippen molar-refractivity contribution in [3.63, 3.8) is 0 Å². The van der Waals surface area contributed by atoms with Crippen molar-refractivity contribution in [3.8, 4) is 11.5 Å². The van der Waals surface area contributed by atoms with Crippen LogP contribution in [-0.2, 0) is 11.0 Å². The average Bonchev–Trinajstić information content (AvgIpc) is 2.45. The summed E-state index contributed by atoms with van der Waals surface area (Å²) in [6, 6.07) is 10.8. The van der Waals surface area contributed by atoms with Gasteiger partial charge in [0, 0.05) is 11.6 Å². The van der Waals surface area contributed by atoms with E-state index in [2.05, 4.69) is 0 Å². The Bertz CT molecular complexity index is 745. The predicted molar refractivity (Wildman–Crippen MR) is 89.8 cm³/mol. The molecule has 0 aromatic heterocycles. The van der Waals surface area contributed by atoms with Crippen LogP contribution in [0, 0.1) is 0 Å². The number of hydrogen-bond acceptors (Lipinski definition) is 4. The van der Waals surface area contributed by atoms with Crippen molar-refractivity contribution in [3.05, 3.63) is 53.6 Å². The smallest absolute Gasteiger partial charge is 0.427 e. The number of aliphatic hydroxyl groups excluding tert-OH is 1. The minimum atomic E-state index is -4.55. The lowest BCUT2D eigenvalue weighted by atomic mass is 10.00. The fraction of sp³-hybridized carbons (Fsp3) is 0.250. The molecule has 24 heavy (non-hydrogen) atoms. The minimum absolute atomic E-state index is 0.00631. The molecule has 2 aromatic carbocycles. The number of aryl methyl sites for hydroxylation is 1. The Morgan fingerprint density at radius 2 is 1.75 bits per heavy atom. The third kappa shape index (κ3) is 5.54. The highest BCUT2D eigenvalue weighted by Crippen LogP contribution is 2.40. The summed E-state index contributed by atoms with van der Waals surface area (Å²) in [5.74, 6) is 0.0152. The SMILES string of the molecule is O=P(O)(O)Nc1cc(O)ccc1C(O)CCCc1cccc(O)c1. The van der Waals surface area contributed by atoms with Gasteiger partial charge < -0.3 is 25.1 Å². The number of benzene rings is 2. The van der Waals surface area contributed by atoms with Crippen molar-refractivity contribution < 1.29 is 29.7 Å². The Balaban J connectivity index is 2.03. The van der Waals surface area contributed by atoms with Crippen molar-refractivity contribution in [1.29, 1.82) is 0 Å². The minimum Gasteiger partial charge on any atom is -0.508 e. The van der Waals surface area contributed by atoms with E-state index in [0.29, 0.717) is 24.8 Å². The molecule has 0 bridgehead atoms. The van der Waals surface area contributed by atoms with Crippen LogP contribution in [0.5, 0.6) is 11.5 Å².